The molecule has 0 spiro atoms. The van der Waals surface area contributed by atoms with Crippen LogP contribution in [-0.4, -0.2) is 24.1 Å². The summed E-state index contributed by atoms with van der Waals surface area (Å²) in [6, 6.07) is 13.5. The normalized spacial score (nSPS) is 12.5. The van der Waals surface area contributed by atoms with Gasteiger partial charge in [0.15, 0.2) is 16.6 Å². The first kappa shape index (κ1) is 17.4. The molecule has 2 heterocycles. The van der Waals surface area contributed by atoms with Gasteiger partial charge < -0.3 is 20.1 Å². The van der Waals surface area contributed by atoms with Crippen LogP contribution < -0.4 is 20.1 Å². The van der Waals surface area contributed by atoms with E-state index in [2.05, 4.69) is 10.6 Å². The molecule has 3 aromatic rings. The third kappa shape index (κ3) is 3.88. The van der Waals surface area contributed by atoms with E-state index in [1.165, 1.54) is 6.92 Å². The number of carbonyl (C=O) groups is 1. The average molecular weight is 381 g/mol. The van der Waals surface area contributed by atoms with Gasteiger partial charge in [-0.1, -0.05) is 12.1 Å². The van der Waals surface area contributed by atoms with Crippen molar-refractivity contribution in [2.75, 3.05) is 23.8 Å². The van der Waals surface area contributed by atoms with Gasteiger partial charge in [-0.15, -0.1) is 11.3 Å². The van der Waals surface area contributed by atoms with Gasteiger partial charge >= 0.3 is 0 Å². The van der Waals surface area contributed by atoms with E-state index in [-0.39, 0.29) is 5.91 Å². The molecule has 0 fully saturated rings. The van der Waals surface area contributed by atoms with Crippen molar-refractivity contribution in [1.29, 1.82) is 0 Å². The highest BCUT2D eigenvalue weighted by Crippen LogP contribution is 2.36. The first-order valence-corrected chi connectivity index (χ1v) is 9.42. The molecule has 0 bridgehead atoms. The molecule has 1 aliphatic rings. The molecule has 1 amide bonds. The maximum atomic E-state index is 11.1. The van der Waals surface area contributed by atoms with Crippen LogP contribution in [0.15, 0.2) is 42.5 Å². The molecule has 1 aromatic heterocycles. The van der Waals surface area contributed by atoms with E-state index >= 15 is 0 Å². The van der Waals surface area contributed by atoms with Crippen LogP contribution in [0.3, 0.4) is 0 Å². The highest BCUT2D eigenvalue weighted by molar-refractivity contribution is 7.16. The molecule has 0 unspecified atom stereocenters. The van der Waals surface area contributed by atoms with Gasteiger partial charge in [-0.2, -0.15) is 0 Å². The van der Waals surface area contributed by atoms with Gasteiger partial charge in [0, 0.05) is 34.8 Å². The average Bonchev–Trinajstić information content (AvgIpc) is 3.02. The minimum atomic E-state index is -0.0847. The number of ether oxygens (including phenoxy) is 2. The summed E-state index contributed by atoms with van der Waals surface area (Å²) in [5.41, 5.74) is 3.61. The Kier molecular flexibility index (Phi) is 4.68. The molecule has 2 N–H and O–H groups in total. The Morgan fingerprint density at radius 3 is 2.48 bits per heavy atom. The Balaban J connectivity index is 1.54. The number of nitrogens with one attached hydrogen (secondary N) is 2. The van der Waals surface area contributed by atoms with Crippen molar-refractivity contribution in [2.45, 2.75) is 13.8 Å². The monoisotopic (exact) mass is 381 g/mol. The van der Waals surface area contributed by atoms with Crippen molar-refractivity contribution in [1.82, 2.24) is 4.98 Å². The SMILES string of the molecule is CC(=O)Nc1ccc(-c2nc(Nc3ccc4c(c3)OCCO4)sc2C)cc1. The molecule has 1 aliphatic heterocycles. The van der Waals surface area contributed by atoms with Crippen LogP contribution in [0, 0.1) is 6.92 Å². The number of thiazole rings is 1. The van der Waals surface area contributed by atoms with Gasteiger partial charge in [-0.25, -0.2) is 4.98 Å². The number of nitrogens with zero attached hydrogens (tertiary/aromatic N) is 1. The van der Waals surface area contributed by atoms with Crippen LogP contribution >= 0.6 is 11.3 Å². The predicted octanol–water partition coefficient (Wildman–Crippen LogP) is 4.59. The van der Waals surface area contributed by atoms with E-state index in [1.807, 2.05) is 49.4 Å². The number of hydrogen-bond donors (Lipinski definition) is 2. The van der Waals surface area contributed by atoms with E-state index in [0.717, 1.165) is 44.1 Å². The zero-order valence-corrected chi connectivity index (χ0v) is 15.9. The lowest BCUT2D eigenvalue weighted by Gasteiger charge is -2.18. The number of aromatic nitrogens is 1. The van der Waals surface area contributed by atoms with Gasteiger partial charge in [0.1, 0.15) is 13.2 Å². The van der Waals surface area contributed by atoms with Crippen molar-refractivity contribution in [3.63, 3.8) is 0 Å². The van der Waals surface area contributed by atoms with Crippen molar-refractivity contribution >= 4 is 33.8 Å². The Hall–Kier alpha value is -3.06. The third-order valence-electron chi connectivity index (χ3n) is 4.07. The summed E-state index contributed by atoms with van der Waals surface area (Å²) in [4.78, 5) is 17.0. The smallest absolute Gasteiger partial charge is 0.221 e. The first-order valence-electron chi connectivity index (χ1n) is 8.60. The van der Waals surface area contributed by atoms with Crippen LogP contribution in [0.4, 0.5) is 16.5 Å². The molecule has 27 heavy (non-hydrogen) atoms. The second-order valence-corrected chi connectivity index (χ2v) is 7.37. The molecule has 0 saturated carbocycles. The Morgan fingerprint density at radius 2 is 1.74 bits per heavy atom. The van der Waals surface area contributed by atoms with Gasteiger partial charge in [0.05, 0.1) is 5.69 Å². The maximum Gasteiger partial charge on any atom is 0.221 e. The second kappa shape index (κ2) is 7.28. The van der Waals surface area contributed by atoms with Crippen molar-refractivity contribution in [3.8, 4) is 22.8 Å². The summed E-state index contributed by atoms with van der Waals surface area (Å²) in [6.07, 6.45) is 0. The molecule has 138 valence electrons. The predicted molar refractivity (Wildman–Crippen MR) is 107 cm³/mol. The maximum absolute atomic E-state index is 11.1. The Labute approximate surface area is 161 Å². The molecule has 7 heteroatoms. The van der Waals surface area contributed by atoms with E-state index in [0.29, 0.717) is 13.2 Å². The van der Waals surface area contributed by atoms with E-state index in [4.69, 9.17) is 14.5 Å². The number of rotatable bonds is 4. The third-order valence-corrected chi connectivity index (χ3v) is 4.95. The van der Waals surface area contributed by atoms with Crippen LogP contribution in [0.2, 0.25) is 0 Å². The summed E-state index contributed by atoms with van der Waals surface area (Å²) < 4.78 is 11.2. The van der Waals surface area contributed by atoms with Gasteiger partial charge in [-0.3, -0.25) is 4.79 Å². The zero-order valence-electron chi connectivity index (χ0n) is 15.0. The van der Waals surface area contributed by atoms with Crippen LogP contribution in [-0.2, 0) is 4.79 Å². The summed E-state index contributed by atoms with van der Waals surface area (Å²) >= 11 is 1.59. The highest BCUT2D eigenvalue weighted by atomic mass is 32.1. The molecule has 0 radical (unpaired) electrons. The summed E-state index contributed by atoms with van der Waals surface area (Å²) in [6.45, 7) is 4.68. The first-order chi connectivity index (χ1) is 13.1. The molecule has 0 atom stereocenters. The number of fused-ring (bicyclic) bond motifs is 1. The summed E-state index contributed by atoms with van der Waals surface area (Å²) in [5.74, 6) is 1.42. The highest BCUT2D eigenvalue weighted by Gasteiger charge is 2.14. The standard InChI is InChI=1S/C20H19N3O3S/c1-12-19(14-3-5-15(6-4-14)21-13(2)24)23-20(27-12)22-16-7-8-17-18(11-16)26-10-9-25-17/h3-8,11H,9-10H2,1-2H3,(H,21,24)(H,22,23). The quantitative estimate of drug-likeness (QED) is 0.691. The van der Waals surface area contributed by atoms with Crippen LogP contribution in [0.5, 0.6) is 11.5 Å². The second-order valence-electron chi connectivity index (χ2n) is 6.17. The largest absolute Gasteiger partial charge is 0.486 e. The lowest BCUT2D eigenvalue weighted by molar-refractivity contribution is -0.114. The van der Waals surface area contributed by atoms with Gasteiger partial charge in [-0.05, 0) is 31.2 Å². The molecule has 0 aliphatic carbocycles. The topological polar surface area (TPSA) is 72.5 Å². The fourth-order valence-corrected chi connectivity index (χ4v) is 3.73. The van der Waals surface area contributed by atoms with Crippen LogP contribution in [0.1, 0.15) is 11.8 Å². The minimum Gasteiger partial charge on any atom is -0.486 e. The lowest BCUT2D eigenvalue weighted by Crippen LogP contribution is -2.15. The number of hydrogen-bond acceptors (Lipinski definition) is 6. The number of anilines is 3. The Bertz CT molecular complexity index is 983. The van der Waals surface area contributed by atoms with Gasteiger partial charge in [0.2, 0.25) is 5.91 Å². The Morgan fingerprint density at radius 1 is 1.04 bits per heavy atom. The van der Waals surface area contributed by atoms with Crippen molar-refractivity contribution in [3.05, 3.63) is 47.3 Å². The summed E-state index contributed by atoms with van der Waals surface area (Å²) in [7, 11) is 0. The fourth-order valence-electron chi connectivity index (χ4n) is 2.88. The van der Waals surface area contributed by atoms with Crippen molar-refractivity contribution < 1.29 is 14.3 Å². The van der Waals surface area contributed by atoms with Crippen molar-refractivity contribution in [2.24, 2.45) is 0 Å². The summed E-state index contributed by atoms with van der Waals surface area (Å²) in [5, 5.41) is 6.92. The molecule has 6 nitrogen and oxygen atoms in total. The number of aryl methyl sites for hydroxylation is 1. The molecular weight excluding hydrogens is 362 g/mol. The molecule has 4 rings (SSSR count). The van der Waals surface area contributed by atoms with Crippen LogP contribution in [0.25, 0.3) is 11.3 Å². The van der Waals surface area contributed by atoms with Gasteiger partial charge in [0.25, 0.3) is 0 Å². The number of benzene rings is 2. The minimum absolute atomic E-state index is 0.0847. The number of carbonyl (C=O) groups excluding carboxylic acids is 1. The molecule has 0 saturated heterocycles. The lowest BCUT2D eigenvalue weighted by atomic mass is 10.1. The van der Waals surface area contributed by atoms with E-state index in [1.54, 1.807) is 11.3 Å². The molecular formula is C20H19N3O3S. The fraction of sp³-hybridized carbons (Fsp3) is 0.200. The number of amides is 1. The zero-order chi connectivity index (χ0) is 18.8. The van der Waals surface area contributed by atoms with E-state index in [9.17, 15) is 4.79 Å². The molecule has 2 aromatic carbocycles. The van der Waals surface area contributed by atoms with E-state index < -0.39 is 0 Å².